The number of carbonyl (C=O) groups is 1. The molecule has 0 atom stereocenters. The van der Waals surface area contributed by atoms with Crippen LogP contribution in [0.15, 0.2) is 28.7 Å². The van der Waals surface area contributed by atoms with Gasteiger partial charge in [-0.3, -0.25) is 4.79 Å². The average Bonchev–Trinajstić information content (AvgIpc) is 2.57. The summed E-state index contributed by atoms with van der Waals surface area (Å²) in [6.07, 6.45) is 0.787. The Morgan fingerprint density at radius 1 is 1.29 bits per heavy atom. The number of nitrogens with one attached hydrogen (secondary N) is 1. The summed E-state index contributed by atoms with van der Waals surface area (Å²) in [5.41, 5.74) is 1.52. The Labute approximate surface area is 80.7 Å². The Bertz CT molecular complexity index is 513. The molecule has 14 heavy (non-hydrogen) atoms. The molecule has 0 unspecified atom stereocenters. The Balaban J connectivity index is 2.39. The van der Waals surface area contributed by atoms with Gasteiger partial charge in [0.25, 0.3) is 5.91 Å². The highest BCUT2D eigenvalue weighted by atomic mass is 16.3. The lowest BCUT2D eigenvalue weighted by Crippen LogP contribution is -2.30. The maximum absolute atomic E-state index is 11.6. The van der Waals surface area contributed by atoms with E-state index in [9.17, 15) is 4.79 Å². The molecular formula is C11H9NO2. The third-order valence-electron chi connectivity index (χ3n) is 2.53. The van der Waals surface area contributed by atoms with Crippen molar-refractivity contribution in [3.8, 4) is 0 Å². The predicted octanol–water partition coefficient (Wildman–Crippen LogP) is 1.72. The minimum absolute atomic E-state index is 0.0174. The first-order valence-electron chi connectivity index (χ1n) is 4.65. The van der Waals surface area contributed by atoms with Crippen molar-refractivity contribution in [2.75, 3.05) is 6.54 Å². The van der Waals surface area contributed by atoms with Crippen LogP contribution in [0.3, 0.4) is 0 Å². The summed E-state index contributed by atoms with van der Waals surface area (Å²) in [5, 5.41) is 3.73. The third kappa shape index (κ3) is 0.894. The monoisotopic (exact) mass is 187 g/mol. The first-order valence-corrected chi connectivity index (χ1v) is 4.65. The van der Waals surface area contributed by atoms with Crippen LogP contribution < -0.4 is 5.32 Å². The quantitative estimate of drug-likeness (QED) is 0.682. The van der Waals surface area contributed by atoms with Gasteiger partial charge in [-0.25, -0.2) is 0 Å². The molecular weight excluding hydrogens is 178 g/mol. The normalized spacial score (nSPS) is 15.3. The topological polar surface area (TPSA) is 42.2 Å². The van der Waals surface area contributed by atoms with Gasteiger partial charge in [0, 0.05) is 18.4 Å². The van der Waals surface area contributed by atoms with Gasteiger partial charge in [-0.15, -0.1) is 0 Å². The van der Waals surface area contributed by atoms with E-state index >= 15 is 0 Å². The lowest BCUT2D eigenvalue weighted by atomic mass is 10.1. The average molecular weight is 187 g/mol. The standard InChI is InChI=1S/C11H9NO2/c13-11-10-7-3-1-2-4-8(7)14-9(10)5-6-12-11/h1-4H,5-6H2,(H,12,13). The van der Waals surface area contributed by atoms with Crippen LogP contribution in [0.2, 0.25) is 0 Å². The highest BCUT2D eigenvalue weighted by Crippen LogP contribution is 2.27. The summed E-state index contributed by atoms with van der Waals surface area (Å²) >= 11 is 0. The van der Waals surface area contributed by atoms with Crippen LogP contribution in [-0.2, 0) is 6.42 Å². The lowest BCUT2D eigenvalue weighted by molar-refractivity contribution is 0.0944. The molecule has 3 heteroatoms. The van der Waals surface area contributed by atoms with E-state index in [-0.39, 0.29) is 5.91 Å². The van der Waals surface area contributed by atoms with E-state index in [1.54, 1.807) is 0 Å². The van der Waals surface area contributed by atoms with E-state index in [4.69, 9.17) is 4.42 Å². The van der Waals surface area contributed by atoms with Crippen LogP contribution in [0.25, 0.3) is 11.0 Å². The van der Waals surface area contributed by atoms with E-state index in [2.05, 4.69) is 5.32 Å². The Morgan fingerprint density at radius 3 is 3.07 bits per heavy atom. The van der Waals surface area contributed by atoms with E-state index in [1.807, 2.05) is 24.3 Å². The second kappa shape index (κ2) is 2.61. The Kier molecular flexibility index (Phi) is 1.42. The molecule has 1 aromatic carbocycles. The van der Waals surface area contributed by atoms with E-state index in [0.29, 0.717) is 12.1 Å². The second-order valence-electron chi connectivity index (χ2n) is 3.40. The predicted molar refractivity (Wildman–Crippen MR) is 52.3 cm³/mol. The molecule has 1 aliphatic heterocycles. The number of rotatable bonds is 0. The van der Waals surface area contributed by atoms with Gasteiger partial charge < -0.3 is 9.73 Å². The minimum Gasteiger partial charge on any atom is -0.460 e. The number of benzene rings is 1. The zero-order chi connectivity index (χ0) is 9.54. The Morgan fingerprint density at radius 2 is 2.14 bits per heavy atom. The van der Waals surface area contributed by atoms with Crippen LogP contribution in [0, 0.1) is 0 Å². The molecule has 0 bridgehead atoms. The number of amides is 1. The van der Waals surface area contributed by atoms with Crippen molar-refractivity contribution in [2.45, 2.75) is 6.42 Å². The van der Waals surface area contributed by atoms with Gasteiger partial charge in [-0.05, 0) is 6.07 Å². The van der Waals surface area contributed by atoms with Crippen LogP contribution in [0.5, 0.6) is 0 Å². The summed E-state index contributed by atoms with van der Waals surface area (Å²) in [4.78, 5) is 11.6. The van der Waals surface area contributed by atoms with Crippen molar-refractivity contribution in [1.29, 1.82) is 0 Å². The lowest BCUT2D eigenvalue weighted by Gasteiger charge is -2.10. The minimum atomic E-state index is -0.0174. The summed E-state index contributed by atoms with van der Waals surface area (Å²) in [5.74, 6) is 0.797. The van der Waals surface area contributed by atoms with Gasteiger partial charge in [-0.1, -0.05) is 18.2 Å². The summed E-state index contributed by atoms with van der Waals surface area (Å²) in [6.45, 7) is 0.672. The molecule has 1 amide bonds. The molecule has 0 spiro atoms. The van der Waals surface area contributed by atoms with Gasteiger partial charge in [-0.2, -0.15) is 0 Å². The Hall–Kier alpha value is -1.77. The SMILES string of the molecule is O=C1NCCc2oc3ccccc3c21. The molecule has 2 aromatic rings. The van der Waals surface area contributed by atoms with Crippen LogP contribution >= 0.6 is 0 Å². The number of para-hydroxylation sites is 1. The molecule has 2 heterocycles. The number of hydrogen-bond donors (Lipinski definition) is 1. The zero-order valence-electron chi connectivity index (χ0n) is 7.54. The number of furan rings is 1. The molecule has 1 N–H and O–H groups in total. The molecule has 70 valence electrons. The fourth-order valence-corrected chi connectivity index (χ4v) is 1.90. The summed E-state index contributed by atoms with van der Waals surface area (Å²) in [7, 11) is 0. The highest BCUT2D eigenvalue weighted by Gasteiger charge is 2.23. The second-order valence-corrected chi connectivity index (χ2v) is 3.40. The molecule has 0 radical (unpaired) electrons. The van der Waals surface area contributed by atoms with E-state index in [0.717, 1.165) is 23.2 Å². The van der Waals surface area contributed by atoms with Crippen LogP contribution in [-0.4, -0.2) is 12.5 Å². The molecule has 0 fully saturated rings. The number of fused-ring (bicyclic) bond motifs is 3. The largest absolute Gasteiger partial charge is 0.460 e. The number of hydrogen-bond acceptors (Lipinski definition) is 2. The summed E-state index contributed by atoms with van der Waals surface area (Å²) < 4.78 is 5.60. The van der Waals surface area contributed by atoms with Gasteiger partial charge in [0.15, 0.2) is 0 Å². The van der Waals surface area contributed by atoms with Gasteiger partial charge >= 0.3 is 0 Å². The van der Waals surface area contributed by atoms with Gasteiger partial charge in [0.1, 0.15) is 11.3 Å². The van der Waals surface area contributed by atoms with Crippen LogP contribution in [0.4, 0.5) is 0 Å². The molecule has 3 rings (SSSR count). The molecule has 1 aliphatic rings. The highest BCUT2D eigenvalue weighted by molar-refractivity contribution is 6.07. The maximum Gasteiger partial charge on any atom is 0.255 e. The van der Waals surface area contributed by atoms with Crippen molar-refractivity contribution in [1.82, 2.24) is 5.32 Å². The fraction of sp³-hybridized carbons (Fsp3) is 0.182. The molecule has 0 saturated heterocycles. The van der Waals surface area contributed by atoms with Crippen molar-refractivity contribution >= 4 is 16.9 Å². The maximum atomic E-state index is 11.6. The third-order valence-corrected chi connectivity index (χ3v) is 2.53. The van der Waals surface area contributed by atoms with Gasteiger partial charge in [0.05, 0.1) is 5.56 Å². The molecule has 0 saturated carbocycles. The molecule has 3 nitrogen and oxygen atoms in total. The zero-order valence-corrected chi connectivity index (χ0v) is 7.54. The van der Waals surface area contributed by atoms with Gasteiger partial charge in [0.2, 0.25) is 0 Å². The van der Waals surface area contributed by atoms with E-state index in [1.165, 1.54) is 0 Å². The number of carbonyl (C=O) groups excluding carboxylic acids is 1. The molecule has 0 aliphatic carbocycles. The summed E-state index contributed by atoms with van der Waals surface area (Å²) in [6, 6.07) is 7.64. The van der Waals surface area contributed by atoms with Crippen LogP contribution in [0.1, 0.15) is 16.1 Å². The van der Waals surface area contributed by atoms with Crippen molar-refractivity contribution in [2.24, 2.45) is 0 Å². The van der Waals surface area contributed by atoms with E-state index < -0.39 is 0 Å². The molecule has 1 aromatic heterocycles. The van der Waals surface area contributed by atoms with Crippen molar-refractivity contribution in [3.05, 3.63) is 35.6 Å². The fourth-order valence-electron chi connectivity index (χ4n) is 1.90. The first-order chi connectivity index (χ1) is 6.86. The smallest absolute Gasteiger partial charge is 0.255 e. The van der Waals surface area contributed by atoms with Crippen molar-refractivity contribution < 1.29 is 9.21 Å². The van der Waals surface area contributed by atoms with Crippen molar-refractivity contribution in [3.63, 3.8) is 0 Å². The first kappa shape index (κ1) is 7.62.